The van der Waals surface area contributed by atoms with Crippen LogP contribution in [-0.4, -0.2) is 34.3 Å². The molecule has 0 aliphatic rings. The highest BCUT2D eigenvalue weighted by molar-refractivity contribution is 5.88. The van der Waals surface area contributed by atoms with Crippen molar-refractivity contribution in [2.24, 2.45) is 5.41 Å². The maximum absolute atomic E-state index is 12.0. The summed E-state index contributed by atoms with van der Waals surface area (Å²) in [4.78, 5) is 20.6. The molecule has 130 valence electrons. The second-order valence-corrected chi connectivity index (χ2v) is 7.03. The minimum absolute atomic E-state index is 0.0569. The highest BCUT2D eigenvalue weighted by Gasteiger charge is 2.26. The predicted octanol–water partition coefficient (Wildman–Crippen LogP) is 3.08. The van der Waals surface area contributed by atoms with E-state index in [0.717, 1.165) is 18.7 Å². The molecule has 0 fully saturated rings. The number of amides is 2. The lowest BCUT2D eigenvalue weighted by atomic mass is 9.79. The number of hydrogen-bond acceptors (Lipinski definition) is 4. The highest BCUT2D eigenvalue weighted by Crippen LogP contribution is 2.29. The van der Waals surface area contributed by atoms with Crippen LogP contribution in [0.1, 0.15) is 59.7 Å². The van der Waals surface area contributed by atoms with Crippen LogP contribution >= 0.6 is 0 Å². The highest BCUT2D eigenvalue weighted by atomic mass is 16.3. The van der Waals surface area contributed by atoms with E-state index in [1.54, 1.807) is 12.4 Å². The van der Waals surface area contributed by atoms with Gasteiger partial charge < -0.3 is 15.7 Å². The first-order chi connectivity index (χ1) is 10.8. The van der Waals surface area contributed by atoms with Gasteiger partial charge in [-0.1, -0.05) is 34.6 Å². The van der Waals surface area contributed by atoms with Gasteiger partial charge >= 0.3 is 6.03 Å². The molecular weight excluding hydrogens is 292 g/mol. The molecule has 1 aromatic rings. The lowest BCUT2D eigenvalue weighted by Gasteiger charge is -2.31. The molecule has 2 amide bonds. The summed E-state index contributed by atoms with van der Waals surface area (Å²) < 4.78 is 0. The number of hydrogen-bond donors (Lipinski definition) is 3. The van der Waals surface area contributed by atoms with E-state index in [4.69, 9.17) is 0 Å². The Morgan fingerprint density at radius 2 is 1.74 bits per heavy atom. The minimum Gasteiger partial charge on any atom is -0.396 e. The maximum atomic E-state index is 12.0. The molecular formula is C17H30N4O2. The Labute approximate surface area is 139 Å². The van der Waals surface area contributed by atoms with E-state index < -0.39 is 0 Å². The van der Waals surface area contributed by atoms with E-state index in [1.807, 2.05) is 20.8 Å². The summed E-state index contributed by atoms with van der Waals surface area (Å²) in [5, 5.41) is 14.8. The van der Waals surface area contributed by atoms with Gasteiger partial charge in [0.1, 0.15) is 5.82 Å². The zero-order valence-corrected chi connectivity index (χ0v) is 14.9. The van der Waals surface area contributed by atoms with E-state index >= 15 is 0 Å². The average molecular weight is 322 g/mol. The third kappa shape index (κ3) is 5.78. The van der Waals surface area contributed by atoms with Crippen molar-refractivity contribution < 1.29 is 9.90 Å². The molecule has 0 aliphatic heterocycles. The van der Waals surface area contributed by atoms with Crippen LogP contribution in [0.4, 0.5) is 10.5 Å². The lowest BCUT2D eigenvalue weighted by molar-refractivity contribution is 0.165. The third-order valence-electron chi connectivity index (χ3n) is 4.35. The monoisotopic (exact) mass is 322 g/mol. The van der Waals surface area contributed by atoms with Crippen molar-refractivity contribution in [2.75, 3.05) is 18.5 Å². The summed E-state index contributed by atoms with van der Waals surface area (Å²) in [6, 6.07) is -0.277. The first-order valence-corrected chi connectivity index (χ1v) is 8.24. The van der Waals surface area contributed by atoms with Gasteiger partial charge in [0.05, 0.1) is 18.1 Å². The smallest absolute Gasteiger partial charge is 0.319 e. The minimum atomic E-state index is -0.277. The Bertz CT molecular complexity index is 490. The van der Waals surface area contributed by atoms with Crippen LogP contribution in [0.15, 0.2) is 12.4 Å². The van der Waals surface area contributed by atoms with Gasteiger partial charge in [-0.05, 0) is 24.7 Å². The Kier molecular flexibility index (Phi) is 6.94. The molecule has 1 aromatic heterocycles. The lowest BCUT2D eigenvalue weighted by Crippen LogP contribution is -2.39. The average Bonchev–Trinajstić information content (AvgIpc) is 2.51. The van der Waals surface area contributed by atoms with Crippen molar-refractivity contribution >= 4 is 11.7 Å². The number of urea groups is 1. The normalized spacial score (nSPS) is 12.1. The number of aromatic nitrogens is 2. The van der Waals surface area contributed by atoms with Crippen molar-refractivity contribution in [3.8, 4) is 0 Å². The number of nitrogens with zero attached hydrogens (tertiary/aromatic N) is 2. The molecule has 6 nitrogen and oxygen atoms in total. The van der Waals surface area contributed by atoms with E-state index in [2.05, 4.69) is 34.4 Å². The summed E-state index contributed by atoms with van der Waals surface area (Å²) in [5.74, 6) is 0.738. The molecule has 0 unspecified atom stereocenters. The third-order valence-corrected chi connectivity index (χ3v) is 4.35. The molecule has 0 saturated heterocycles. The van der Waals surface area contributed by atoms with Gasteiger partial charge in [-0.2, -0.15) is 0 Å². The van der Waals surface area contributed by atoms with Crippen molar-refractivity contribution in [1.29, 1.82) is 0 Å². The van der Waals surface area contributed by atoms with Crippen LogP contribution in [0.25, 0.3) is 0 Å². The molecule has 23 heavy (non-hydrogen) atoms. The fourth-order valence-electron chi connectivity index (χ4n) is 2.40. The van der Waals surface area contributed by atoms with Gasteiger partial charge in [-0.3, -0.25) is 0 Å². The molecule has 0 radical (unpaired) electrons. The fourth-order valence-corrected chi connectivity index (χ4v) is 2.40. The Balaban J connectivity index is 2.59. The van der Waals surface area contributed by atoms with E-state index in [9.17, 15) is 9.90 Å². The summed E-state index contributed by atoms with van der Waals surface area (Å²) >= 11 is 0. The molecule has 1 rings (SSSR count). The number of aliphatic hydroxyl groups excluding tert-OH is 1. The van der Waals surface area contributed by atoms with Gasteiger partial charge in [-0.15, -0.1) is 0 Å². The van der Waals surface area contributed by atoms with Crippen molar-refractivity contribution in [1.82, 2.24) is 15.3 Å². The number of carbonyl (C=O) groups is 1. The van der Waals surface area contributed by atoms with E-state index in [1.165, 1.54) is 0 Å². The number of anilines is 1. The van der Waals surface area contributed by atoms with E-state index in [-0.39, 0.29) is 23.5 Å². The summed E-state index contributed by atoms with van der Waals surface area (Å²) in [6.07, 6.45) is 5.74. The van der Waals surface area contributed by atoms with Crippen LogP contribution in [0, 0.1) is 5.41 Å². The number of rotatable bonds is 7. The zero-order chi connectivity index (χ0) is 17.5. The molecule has 0 aromatic carbocycles. The topological polar surface area (TPSA) is 87.1 Å². The molecule has 0 spiro atoms. The van der Waals surface area contributed by atoms with E-state index in [0.29, 0.717) is 18.7 Å². The molecule has 6 heteroatoms. The zero-order valence-electron chi connectivity index (χ0n) is 14.9. The van der Waals surface area contributed by atoms with Gasteiger partial charge in [-0.25, -0.2) is 14.8 Å². The van der Waals surface area contributed by atoms with Gasteiger partial charge in [0.15, 0.2) is 0 Å². The van der Waals surface area contributed by atoms with Crippen LogP contribution < -0.4 is 10.6 Å². The number of aliphatic hydroxyl groups is 1. The quantitative estimate of drug-likeness (QED) is 0.720. The fraction of sp³-hybridized carbons (Fsp3) is 0.706. The van der Waals surface area contributed by atoms with Gasteiger partial charge in [0, 0.05) is 18.6 Å². The standard InChI is InChI=1S/C17H30N4O2/c1-6-17(7-2,8-9-22)12-20-15(23)21-13-10-18-14(19-11-13)16(3,4)5/h10-11,22H,6-9,12H2,1-5H3,(H2,20,21,23). The van der Waals surface area contributed by atoms with Gasteiger partial charge in [0.25, 0.3) is 0 Å². The van der Waals surface area contributed by atoms with Crippen LogP contribution in [0.2, 0.25) is 0 Å². The van der Waals surface area contributed by atoms with Crippen molar-refractivity contribution in [3.63, 3.8) is 0 Å². The SMILES string of the molecule is CCC(CC)(CCO)CNC(=O)Nc1cnc(C(C)(C)C)nc1. The molecule has 0 aliphatic carbocycles. The van der Waals surface area contributed by atoms with Crippen LogP contribution in [-0.2, 0) is 5.41 Å². The van der Waals surface area contributed by atoms with Gasteiger partial charge in [0.2, 0.25) is 0 Å². The first kappa shape index (κ1) is 19.4. The summed E-state index contributed by atoms with van der Waals surface area (Å²) in [6.45, 7) is 10.9. The molecule has 0 atom stereocenters. The van der Waals surface area contributed by atoms with Crippen molar-refractivity contribution in [3.05, 3.63) is 18.2 Å². The second-order valence-electron chi connectivity index (χ2n) is 7.03. The van der Waals surface area contributed by atoms with Crippen molar-refractivity contribution in [2.45, 2.75) is 59.3 Å². The Hall–Kier alpha value is -1.69. The Morgan fingerprint density at radius 1 is 1.17 bits per heavy atom. The first-order valence-electron chi connectivity index (χ1n) is 8.24. The predicted molar refractivity (Wildman–Crippen MR) is 92.5 cm³/mol. The number of nitrogens with one attached hydrogen (secondary N) is 2. The summed E-state index contributed by atoms with van der Waals surface area (Å²) in [7, 11) is 0. The Morgan fingerprint density at radius 3 is 2.17 bits per heavy atom. The molecule has 3 N–H and O–H groups in total. The maximum Gasteiger partial charge on any atom is 0.319 e. The van der Waals surface area contributed by atoms with Crippen LogP contribution in [0.5, 0.6) is 0 Å². The molecule has 0 bridgehead atoms. The number of carbonyl (C=O) groups excluding carboxylic acids is 1. The van der Waals surface area contributed by atoms with Crippen LogP contribution in [0.3, 0.4) is 0 Å². The molecule has 1 heterocycles. The second kappa shape index (κ2) is 8.24. The molecule has 0 saturated carbocycles. The summed E-state index contributed by atoms with van der Waals surface area (Å²) in [5.41, 5.74) is 0.391. The largest absolute Gasteiger partial charge is 0.396 e.